The molecule has 5 nitrogen and oxygen atoms in total. The molecule has 0 aromatic rings. The third-order valence-electron chi connectivity index (χ3n) is 2.78. The second-order valence-corrected chi connectivity index (χ2v) is 6.88. The molecular formula is C9H17NO4S. The van der Waals surface area contributed by atoms with E-state index in [-0.39, 0.29) is 25.0 Å². The van der Waals surface area contributed by atoms with Crippen molar-refractivity contribution in [1.29, 1.82) is 0 Å². The number of rotatable bonds is 4. The molecule has 0 spiro atoms. The molecule has 88 valence electrons. The molecular weight excluding hydrogens is 218 g/mol. The minimum Gasteiger partial charge on any atom is -0.396 e. The average Bonchev–Trinajstić information content (AvgIpc) is 2.13. The summed E-state index contributed by atoms with van der Waals surface area (Å²) in [4.78, 5) is 11.5. The summed E-state index contributed by atoms with van der Waals surface area (Å²) in [5.74, 6) is -0.364. The van der Waals surface area contributed by atoms with Crippen molar-refractivity contribution >= 4 is 15.9 Å². The smallest absolute Gasteiger partial charge is 0.258 e. The van der Waals surface area contributed by atoms with Gasteiger partial charge in [-0.25, -0.2) is 12.7 Å². The number of amides is 1. The third kappa shape index (κ3) is 1.76. The van der Waals surface area contributed by atoms with E-state index in [1.54, 1.807) is 0 Å². The molecule has 1 N–H and O–H groups in total. The van der Waals surface area contributed by atoms with Crippen molar-refractivity contribution in [2.75, 3.05) is 13.2 Å². The molecule has 0 aromatic carbocycles. The molecule has 1 aliphatic rings. The Bertz CT molecular complexity index is 360. The molecule has 6 heteroatoms. The van der Waals surface area contributed by atoms with E-state index < -0.39 is 14.8 Å². The van der Waals surface area contributed by atoms with Crippen LogP contribution in [0.4, 0.5) is 0 Å². The molecule has 1 fully saturated rings. The maximum atomic E-state index is 11.7. The van der Waals surface area contributed by atoms with Gasteiger partial charge in [0.15, 0.2) is 4.75 Å². The van der Waals surface area contributed by atoms with Crippen LogP contribution in [0.3, 0.4) is 0 Å². The summed E-state index contributed by atoms with van der Waals surface area (Å²) in [6, 6.07) is 0. The molecule has 0 bridgehead atoms. The Labute approximate surface area is 90.1 Å². The second kappa shape index (κ2) is 3.75. The van der Waals surface area contributed by atoms with Gasteiger partial charge < -0.3 is 5.11 Å². The van der Waals surface area contributed by atoms with Gasteiger partial charge in [-0.3, -0.25) is 4.79 Å². The molecule has 0 aromatic heterocycles. The van der Waals surface area contributed by atoms with Gasteiger partial charge >= 0.3 is 0 Å². The van der Waals surface area contributed by atoms with Gasteiger partial charge in [0.05, 0.1) is 0 Å². The molecule has 0 radical (unpaired) electrons. The normalized spacial score (nSPS) is 24.8. The van der Waals surface area contributed by atoms with E-state index in [1.165, 1.54) is 13.8 Å². The van der Waals surface area contributed by atoms with Gasteiger partial charge in [-0.15, -0.1) is 0 Å². The molecule has 0 aliphatic carbocycles. The van der Waals surface area contributed by atoms with Crippen LogP contribution in [-0.4, -0.2) is 41.6 Å². The Balaban J connectivity index is 2.72. The molecule has 15 heavy (non-hydrogen) atoms. The first-order chi connectivity index (χ1) is 6.75. The number of sulfonamides is 1. The number of aliphatic hydroxyl groups excluding tert-OH is 1. The highest BCUT2D eigenvalue weighted by Gasteiger charge is 2.59. The van der Waals surface area contributed by atoms with E-state index in [9.17, 15) is 13.2 Å². The number of carbonyl (C=O) groups is 1. The van der Waals surface area contributed by atoms with Gasteiger partial charge in [0.25, 0.3) is 15.9 Å². The number of hydrogen-bond donors (Lipinski definition) is 1. The van der Waals surface area contributed by atoms with Crippen molar-refractivity contribution in [2.24, 2.45) is 5.92 Å². The van der Waals surface area contributed by atoms with Crippen molar-refractivity contribution in [1.82, 2.24) is 4.31 Å². The van der Waals surface area contributed by atoms with Gasteiger partial charge in [-0.1, -0.05) is 6.92 Å². The Morgan fingerprint density at radius 2 is 2.00 bits per heavy atom. The average molecular weight is 235 g/mol. The summed E-state index contributed by atoms with van der Waals surface area (Å²) in [5, 5.41) is 8.69. The number of nitrogens with zero attached hydrogens (tertiary/aromatic N) is 1. The quantitative estimate of drug-likeness (QED) is 0.741. The highest BCUT2D eigenvalue weighted by atomic mass is 32.2. The lowest BCUT2D eigenvalue weighted by Gasteiger charge is -2.44. The van der Waals surface area contributed by atoms with E-state index >= 15 is 0 Å². The first kappa shape index (κ1) is 12.4. The molecule has 0 saturated carbocycles. The second-order valence-electron chi connectivity index (χ2n) is 4.47. The topological polar surface area (TPSA) is 74.7 Å². The van der Waals surface area contributed by atoms with E-state index in [4.69, 9.17) is 5.11 Å². The lowest BCUT2D eigenvalue weighted by Crippen LogP contribution is -2.67. The van der Waals surface area contributed by atoms with E-state index in [2.05, 4.69) is 0 Å². The Hall–Kier alpha value is -0.620. The molecule has 1 atom stereocenters. The van der Waals surface area contributed by atoms with Gasteiger partial charge in [-0.05, 0) is 26.2 Å². The Kier molecular flexibility index (Phi) is 3.11. The SMILES string of the molecule is CC(CCO)CN1C(=O)C(C)(C)S1(=O)=O. The van der Waals surface area contributed by atoms with Crippen LogP contribution in [0.5, 0.6) is 0 Å². The zero-order valence-corrected chi connectivity index (χ0v) is 10.0. The first-order valence-electron chi connectivity index (χ1n) is 4.92. The van der Waals surface area contributed by atoms with Crippen molar-refractivity contribution in [2.45, 2.75) is 31.9 Å². The Morgan fingerprint density at radius 1 is 1.47 bits per heavy atom. The molecule has 1 saturated heterocycles. The Morgan fingerprint density at radius 3 is 2.40 bits per heavy atom. The fourth-order valence-corrected chi connectivity index (χ4v) is 3.18. The van der Waals surface area contributed by atoms with Crippen LogP contribution >= 0.6 is 0 Å². The molecule has 1 unspecified atom stereocenters. The fourth-order valence-electron chi connectivity index (χ4n) is 1.53. The third-order valence-corrected chi connectivity index (χ3v) is 5.14. The summed E-state index contributed by atoms with van der Waals surface area (Å²) in [7, 11) is -3.46. The molecule has 1 aliphatic heterocycles. The minimum atomic E-state index is -3.46. The fraction of sp³-hybridized carbons (Fsp3) is 0.889. The summed E-state index contributed by atoms with van der Waals surface area (Å²) >= 11 is 0. The van der Waals surface area contributed by atoms with Crippen molar-refractivity contribution in [3.63, 3.8) is 0 Å². The standard InChI is InChI=1S/C9H17NO4S/c1-7(4-5-11)6-10-8(12)9(2,3)15(10,13)14/h7,11H,4-6H2,1-3H3. The number of carbonyl (C=O) groups excluding carboxylic acids is 1. The predicted octanol–water partition coefficient (Wildman–Crippen LogP) is -0.0445. The maximum absolute atomic E-state index is 11.7. The largest absolute Gasteiger partial charge is 0.396 e. The van der Waals surface area contributed by atoms with Gasteiger partial charge in [0, 0.05) is 13.2 Å². The van der Waals surface area contributed by atoms with Crippen LogP contribution < -0.4 is 0 Å². The summed E-state index contributed by atoms with van der Waals surface area (Å²) in [5.41, 5.74) is 0. The van der Waals surface area contributed by atoms with Gasteiger partial charge in [-0.2, -0.15) is 0 Å². The highest BCUT2D eigenvalue weighted by Crippen LogP contribution is 2.35. The van der Waals surface area contributed by atoms with E-state index in [0.29, 0.717) is 6.42 Å². The summed E-state index contributed by atoms with van der Waals surface area (Å²) < 4.78 is 23.0. The highest BCUT2D eigenvalue weighted by molar-refractivity contribution is 7.94. The lowest BCUT2D eigenvalue weighted by molar-refractivity contribution is -0.132. The van der Waals surface area contributed by atoms with Crippen molar-refractivity contribution in [3.8, 4) is 0 Å². The summed E-state index contributed by atoms with van der Waals surface area (Å²) in [6.07, 6.45) is 0.500. The van der Waals surface area contributed by atoms with E-state index in [1.807, 2.05) is 6.92 Å². The van der Waals surface area contributed by atoms with Crippen LogP contribution in [0.2, 0.25) is 0 Å². The molecule has 1 rings (SSSR count). The first-order valence-corrected chi connectivity index (χ1v) is 6.36. The number of hydrogen-bond acceptors (Lipinski definition) is 4. The van der Waals surface area contributed by atoms with Gasteiger partial charge in [0.2, 0.25) is 0 Å². The zero-order chi connectivity index (χ0) is 11.9. The monoisotopic (exact) mass is 235 g/mol. The molecule has 1 amide bonds. The maximum Gasteiger partial charge on any atom is 0.258 e. The van der Waals surface area contributed by atoms with Crippen LogP contribution in [0.15, 0.2) is 0 Å². The minimum absolute atomic E-state index is 0.00658. The van der Waals surface area contributed by atoms with Crippen LogP contribution in [0, 0.1) is 5.92 Å². The summed E-state index contributed by atoms with van der Waals surface area (Å²) in [6.45, 7) is 4.82. The van der Waals surface area contributed by atoms with Crippen LogP contribution in [0.25, 0.3) is 0 Å². The van der Waals surface area contributed by atoms with E-state index in [0.717, 1.165) is 4.31 Å². The van der Waals surface area contributed by atoms with Crippen LogP contribution in [-0.2, 0) is 14.8 Å². The van der Waals surface area contributed by atoms with Crippen LogP contribution in [0.1, 0.15) is 27.2 Å². The molecule has 1 heterocycles. The predicted molar refractivity (Wildman–Crippen MR) is 55.6 cm³/mol. The number of aliphatic hydroxyl groups is 1. The lowest BCUT2D eigenvalue weighted by atomic mass is 10.1. The van der Waals surface area contributed by atoms with Gasteiger partial charge in [0.1, 0.15) is 0 Å². The zero-order valence-electron chi connectivity index (χ0n) is 9.23. The van der Waals surface area contributed by atoms with Crippen molar-refractivity contribution in [3.05, 3.63) is 0 Å². The van der Waals surface area contributed by atoms with Crippen molar-refractivity contribution < 1.29 is 18.3 Å².